The lowest BCUT2D eigenvalue weighted by atomic mass is 9.90. The molecule has 2 aliphatic carbocycles. The molecule has 2 aromatic carbocycles. The van der Waals surface area contributed by atoms with E-state index in [9.17, 15) is 14.4 Å². The number of carbonyl (C=O) groups is 3. The monoisotopic (exact) mass is 656 g/mol. The van der Waals surface area contributed by atoms with Gasteiger partial charge in [0.15, 0.2) is 0 Å². The fourth-order valence-electron chi connectivity index (χ4n) is 6.20. The van der Waals surface area contributed by atoms with E-state index in [2.05, 4.69) is 34.5 Å². The van der Waals surface area contributed by atoms with Crippen LogP contribution in [0.5, 0.6) is 0 Å². The lowest BCUT2D eigenvalue weighted by molar-refractivity contribution is -0.139. The summed E-state index contributed by atoms with van der Waals surface area (Å²) >= 11 is 0. The number of nitrogens with one attached hydrogen (secondary N) is 1. The third-order valence-corrected chi connectivity index (χ3v) is 8.59. The van der Waals surface area contributed by atoms with Crippen LogP contribution in [0.4, 0.5) is 4.79 Å². The van der Waals surface area contributed by atoms with Gasteiger partial charge in [0, 0.05) is 31.1 Å². The molecule has 0 aliphatic heterocycles. The Bertz CT molecular complexity index is 1190. The quantitative estimate of drug-likeness (QED) is 0.157. The largest absolute Gasteiger partial charge is 0.481 e. The Hall–Kier alpha value is -3.55. The first-order chi connectivity index (χ1) is 22.9. The van der Waals surface area contributed by atoms with Crippen LogP contribution in [-0.2, 0) is 33.3 Å². The molecule has 2 aromatic rings. The highest BCUT2D eigenvalue weighted by Gasteiger charge is 2.30. The number of carbonyl (C=O) groups excluding carboxylic acids is 1. The molecule has 12 nitrogen and oxygen atoms in total. The van der Waals surface area contributed by atoms with Crippen molar-refractivity contribution in [2.45, 2.75) is 56.5 Å². The van der Waals surface area contributed by atoms with Crippen molar-refractivity contribution in [2.24, 2.45) is 0 Å². The smallest absolute Gasteiger partial charge is 0.407 e. The maximum atomic E-state index is 12.9. The van der Waals surface area contributed by atoms with E-state index in [1.165, 1.54) is 22.3 Å². The van der Waals surface area contributed by atoms with E-state index in [-0.39, 0.29) is 50.7 Å². The van der Waals surface area contributed by atoms with E-state index in [4.69, 9.17) is 33.9 Å². The zero-order valence-electron chi connectivity index (χ0n) is 27.0. The third-order valence-electron chi connectivity index (χ3n) is 8.59. The molecular weight excluding hydrogens is 608 g/mol. The summed E-state index contributed by atoms with van der Waals surface area (Å²) in [6.45, 7) is 4.45. The first-order valence-corrected chi connectivity index (χ1v) is 16.5. The Morgan fingerprint density at radius 3 is 1.62 bits per heavy atom. The number of hydrogen-bond acceptors (Lipinski definition) is 9. The van der Waals surface area contributed by atoms with Crippen molar-refractivity contribution in [2.75, 3.05) is 72.6 Å². The summed E-state index contributed by atoms with van der Waals surface area (Å²) < 4.78 is 27.8. The van der Waals surface area contributed by atoms with Gasteiger partial charge >= 0.3 is 18.0 Å². The van der Waals surface area contributed by atoms with Crippen LogP contribution in [0.1, 0.15) is 55.6 Å². The minimum Gasteiger partial charge on any atom is -0.481 e. The Labute approximate surface area is 276 Å². The second kappa shape index (κ2) is 20.0. The molecule has 4 rings (SSSR count). The summed E-state index contributed by atoms with van der Waals surface area (Å²) in [5.74, 6) is -1.76. The molecular formula is C35H48N2O10. The summed E-state index contributed by atoms with van der Waals surface area (Å²) in [5, 5.41) is 20.5. The van der Waals surface area contributed by atoms with Gasteiger partial charge in [-0.3, -0.25) is 14.5 Å². The van der Waals surface area contributed by atoms with Crippen molar-refractivity contribution in [1.29, 1.82) is 0 Å². The van der Waals surface area contributed by atoms with Gasteiger partial charge < -0.3 is 39.2 Å². The van der Waals surface area contributed by atoms with E-state index in [0.717, 1.165) is 25.7 Å². The van der Waals surface area contributed by atoms with Crippen LogP contribution in [0.25, 0.3) is 11.1 Å². The second-order valence-corrected chi connectivity index (χ2v) is 11.7. The van der Waals surface area contributed by atoms with Gasteiger partial charge in [-0.05, 0) is 47.9 Å². The highest BCUT2D eigenvalue weighted by molar-refractivity contribution is 5.79. The highest BCUT2D eigenvalue weighted by atomic mass is 16.5. The summed E-state index contributed by atoms with van der Waals surface area (Å²) in [5.41, 5.74) is 4.77. The summed E-state index contributed by atoms with van der Waals surface area (Å²) in [7, 11) is 0. The van der Waals surface area contributed by atoms with Crippen molar-refractivity contribution in [3.8, 4) is 11.1 Å². The third kappa shape index (κ3) is 12.2. The van der Waals surface area contributed by atoms with E-state index in [1.807, 2.05) is 24.3 Å². The molecule has 0 unspecified atom stereocenters. The van der Waals surface area contributed by atoms with Gasteiger partial charge in [0.05, 0.1) is 65.7 Å². The summed E-state index contributed by atoms with van der Waals surface area (Å²) in [6, 6.07) is 16.9. The van der Waals surface area contributed by atoms with Crippen molar-refractivity contribution >= 4 is 18.0 Å². The lowest BCUT2D eigenvalue weighted by Gasteiger charge is -2.37. The fourth-order valence-corrected chi connectivity index (χ4v) is 6.20. The highest BCUT2D eigenvalue weighted by Crippen LogP contribution is 2.44. The number of benzene rings is 2. The van der Waals surface area contributed by atoms with Crippen LogP contribution in [-0.4, -0.2) is 118 Å². The molecule has 0 bridgehead atoms. The van der Waals surface area contributed by atoms with E-state index in [1.54, 1.807) is 0 Å². The van der Waals surface area contributed by atoms with Crippen LogP contribution >= 0.6 is 0 Å². The SMILES string of the molecule is O=C(O)CCOCCOCCN(CCOCCOCCC(=O)O)C1CCC(NC(=O)OCC2c3ccccc3-c3ccccc32)CC1. The summed E-state index contributed by atoms with van der Waals surface area (Å²) in [6.07, 6.45) is 3.04. The predicted molar refractivity (Wildman–Crippen MR) is 174 cm³/mol. The number of fused-ring (bicyclic) bond motifs is 3. The Morgan fingerprint density at radius 2 is 1.13 bits per heavy atom. The number of hydrogen-bond donors (Lipinski definition) is 3. The molecule has 0 saturated heterocycles. The lowest BCUT2D eigenvalue weighted by Crippen LogP contribution is -2.46. The van der Waals surface area contributed by atoms with Gasteiger partial charge in [-0.2, -0.15) is 0 Å². The zero-order chi connectivity index (χ0) is 33.3. The molecule has 3 N–H and O–H groups in total. The van der Waals surface area contributed by atoms with E-state index in [0.29, 0.717) is 58.8 Å². The van der Waals surface area contributed by atoms with Gasteiger partial charge in [-0.15, -0.1) is 0 Å². The van der Waals surface area contributed by atoms with Crippen molar-refractivity contribution in [1.82, 2.24) is 10.2 Å². The van der Waals surface area contributed by atoms with Gasteiger partial charge in [-0.25, -0.2) is 4.79 Å². The Morgan fingerprint density at radius 1 is 0.660 bits per heavy atom. The zero-order valence-corrected chi connectivity index (χ0v) is 27.0. The van der Waals surface area contributed by atoms with Crippen molar-refractivity contribution in [3.63, 3.8) is 0 Å². The molecule has 0 heterocycles. The van der Waals surface area contributed by atoms with Crippen LogP contribution in [0.3, 0.4) is 0 Å². The minimum absolute atomic E-state index is 0.0227. The molecule has 0 atom stereocenters. The molecule has 12 heteroatoms. The molecule has 1 saturated carbocycles. The number of alkyl carbamates (subject to hydrolysis) is 1. The predicted octanol–water partition coefficient (Wildman–Crippen LogP) is 4.15. The molecule has 2 aliphatic rings. The average Bonchev–Trinajstić information content (AvgIpc) is 3.39. The number of ether oxygens (including phenoxy) is 5. The number of carboxylic acid groups (broad SMARTS) is 2. The van der Waals surface area contributed by atoms with Crippen LogP contribution < -0.4 is 5.32 Å². The number of aliphatic carboxylic acids is 2. The van der Waals surface area contributed by atoms with Gasteiger partial charge in [-0.1, -0.05) is 48.5 Å². The molecule has 1 fully saturated rings. The molecule has 47 heavy (non-hydrogen) atoms. The number of nitrogens with zero attached hydrogens (tertiary/aromatic N) is 1. The Balaban J connectivity index is 1.17. The van der Waals surface area contributed by atoms with Crippen LogP contribution in [0, 0.1) is 0 Å². The standard InChI is InChI=1S/C35H48N2O10/c38-33(39)13-17-43-21-23-45-19-15-37(16-20-46-24-22-44-18-14-34(40)41)27-11-9-26(10-12-27)36-35(42)47-25-32-30-7-3-1-5-28(30)29-6-2-4-8-31(29)32/h1-8,26-27,32H,9-25H2,(H,36,42)(H,38,39)(H,40,41). The molecule has 0 spiro atoms. The molecule has 1 amide bonds. The van der Waals surface area contributed by atoms with Crippen LogP contribution in [0.15, 0.2) is 48.5 Å². The molecule has 0 aromatic heterocycles. The Kier molecular flexibility index (Phi) is 15.4. The van der Waals surface area contributed by atoms with Gasteiger partial charge in [0.2, 0.25) is 0 Å². The number of amides is 1. The number of rotatable bonds is 22. The molecule has 258 valence electrons. The van der Waals surface area contributed by atoms with E-state index < -0.39 is 11.9 Å². The maximum Gasteiger partial charge on any atom is 0.407 e. The minimum atomic E-state index is -0.890. The van der Waals surface area contributed by atoms with Gasteiger partial charge in [0.1, 0.15) is 6.61 Å². The normalized spacial score (nSPS) is 17.3. The topological polar surface area (TPSA) is 153 Å². The summed E-state index contributed by atoms with van der Waals surface area (Å²) in [4.78, 5) is 36.4. The molecule has 0 radical (unpaired) electrons. The first-order valence-electron chi connectivity index (χ1n) is 16.5. The van der Waals surface area contributed by atoms with Crippen molar-refractivity contribution < 1.29 is 48.3 Å². The average molecular weight is 657 g/mol. The number of carboxylic acids is 2. The van der Waals surface area contributed by atoms with Gasteiger partial charge in [0.25, 0.3) is 0 Å². The van der Waals surface area contributed by atoms with Crippen LogP contribution in [0.2, 0.25) is 0 Å². The van der Waals surface area contributed by atoms with Crippen molar-refractivity contribution in [3.05, 3.63) is 59.7 Å². The second-order valence-electron chi connectivity index (χ2n) is 11.7. The maximum absolute atomic E-state index is 12.9. The van der Waals surface area contributed by atoms with E-state index >= 15 is 0 Å². The first kappa shape index (κ1) is 36.3. The fraction of sp³-hybridized carbons (Fsp3) is 0.571.